The Kier molecular flexibility index (Phi) is 6.68. The van der Waals surface area contributed by atoms with Crippen LogP contribution in [0.15, 0.2) is 12.2 Å². The van der Waals surface area contributed by atoms with Crippen molar-refractivity contribution in [3.63, 3.8) is 0 Å². The first-order valence-corrected chi connectivity index (χ1v) is 4.03. The predicted octanol–water partition coefficient (Wildman–Crippen LogP) is 3.55. The van der Waals surface area contributed by atoms with E-state index in [1.165, 1.54) is 25.2 Å². The average Bonchev–Trinajstić information content (AvgIpc) is 1.87. The van der Waals surface area contributed by atoms with Crippen molar-refractivity contribution in [1.82, 2.24) is 0 Å². The molecular formula is C10H18. The lowest BCUT2D eigenvalue weighted by atomic mass is 10.1. The third kappa shape index (κ3) is 7.74. The average molecular weight is 138 g/mol. The fourth-order valence-electron chi connectivity index (χ4n) is 0.758. The third-order valence-electron chi connectivity index (χ3n) is 1.32. The van der Waals surface area contributed by atoms with E-state index in [1.807, 2.05) is 0 Å². The molecule has 0 bridgehead atoms. The topological polar surface area (TPSA) is 0 Å². The second-order valence-corrected chi connectivity index (χ2v) is 2.83. The van der Waals surface area contributed by atoms with Gasteiger partial charge in [-0.25, -0.2) is 0 Å². The second kappa shape index (κ2) is 6.85. The lowest BCUT2D eigenvalue weighted by Crippen LogP contribution is -1.75. The van der Waals surface area contributed by atoms with Crippen LogP contribution in [-0.2, 0) is 0 Å². The fraction of sp³-hybridized carbons (Fsp3) is 0.600. The number of hydrogen-bond donors (Lipinski definition) is 0. The van der Waals surface area contributed by atoms with Crippen molar-refractivity contribution in [2.24, 2.45) is 0 Å². The van der Waals surface area contributed by atoms with E-state index < -0.39 is 0 Å². The Morgan fingerprint density at radius 1 is 1.30 bits per heavy atom. The largest absolute Gasteiger partial charge is 0.0880 e. The Hall–Kier alpha value is -0.260. The summed E-state index contributed by atoms with van der Waals surface area (Å²) in [6, 6.07) is 0. The Bertz CT molecular complexity index is 80.0. The first kappa shape index (κ1) is 9.74. The minimum absolute atomic E-state index is 1.07. The van der Waals surface area contributed by atoms with Gasteiger partial charge in [-0.15, -0.1) is 0 Å². The Morgan fingerprint density at radius 3 is 2.50 bits per heavy atom. The molecule has 0 aromatic carbocycles. The molecule has 0 amide bonds. The molecule has 0 atom stereocenters. The summed E-state index contributed by atoms with van der Waals surface area (Å²) in [5.41, 5.74) is 0. The van der Waals surface area contributed by atoms with Gasteiger partial charge in [0.05, 0.1) is 0 Å². The zero-order valence-corrected chi connectivity index (χ0v) is 7.19. The van der Waals surface area contributed by atoms with Crippen LogP contribution in [0.25, 0.3) is 0 Å². The summed E-state index contributed by atoms with van der Waals surface area (Å²) in [6.07, 6.45) is 9.25. The first-order valence-electron chi connectivity index (χ1n) is 4.03. The molecule has 0 N–H and O–H groups in total. The van der Waals surface area contributed by atoms with Gasteiger partial charge in [0.1, 0.15) is 0 Å². The molecule has 0 unspecified atom stereocenters. The van der Waals surface area contributed by atoms with Crippen LogP contribution in [0.4, 0.5) is 0 Å². The predicted molar refractivity (Wildman–Crippen MR) is 47.6 cm³/mol. The molecule has 0 nitrogen and oxygen atoms in total. The van der Waals surface area contributed by atoms with Crippen LogP contribution in [-0.4, -0.2) is 0 Å². The molecule has 0 rings (SSSR count). The van der Waals surface area contributed by atoms with Gasteiger partial charge in [0.15, 0.2) is 0 Å². The number of unbranched alkanes of at least 4 members (excludes halogenated alkanes) is 3. The molecule has 0 heterocycles. The van der Waals surface area contributed by atoms with E-state index in [4.69, 9.17) is 0 Å². The molecule has 0 aliphatic rings. The number of hydrogen-bond acceptors (Lipinski definition) is 0. The molecule has 0 fully saturated rings. The highest BCUT2D eigenvalue weighted by molar-refractivity contribution is 5.02. The monoisotopic (exact) mass is 138 g/mol. The third-order valence-corrected chi connectivity index (χ3v) is 1.32. The highest BCUT2D eigenvalue weighted by Gasteiger charge is 1.84. The summed E-state index contributed by atoms with van der Waals surface area (Å²) in [6.45, 7) is 8.03. The van der Waals surface area contributed by atoms with Gasteiger partial charge in [0, 0.05) is 0 Å². The van der Waals surface area contributed by atoms with Crippen molar-refractivity contribution < 1.29 is 0 Å². The minimum atomic E-state index is 1.07. The lowest BCUT2D eigenvalue weighted by molar-refractivity contribution is 0.759. The lowest BCUT2D eigenvalue weighted by Gasteiger charge is -1.93. The number of rotatable bonds is 5. The summed E-state index contributed by atoms with van der Waals surface area (Å²) in [7, 11) is 0. The highest BCUT2D eigenvalue weighted by atomic mass is 13.9. The molecule has 0 aliphatic carbocycles. The van der Waals surface area contributed by atoms with Crippen molar-refractivity contribution in [1.29, 1.82) is 0 Å². The van der Waals surface area contributed by atoms with Crippen LogP contribution in [0.2, 0.25) is 0 Å². The maximum absolute atomic E-state index is 3.79. The van der Waals surface area contributed by atoms with E-state index in [1.54, 1.807) is 0 Å². The zero-order valence-electron chi connectivity index (χ0n) is 7.19. The molecule has 2 radical (unpaired) electrons. The Balaban J connectivity index is 3.02. The van der Waals surface area contributed by atoms with Gasteiger partial charge in [0.2, 0.25) is 0 Å². The van der Waals surface area contributed by atoms with Crippen molar-refractivity contribution in [2.45, 2.75) is 39.5 Å². The first-order chi connectivity index (χ1) is 4.77. The molecule has 0 saturated heterocycles. The standard InChI is InChI=1S/C10H18/c1-4-5-6-7-8-9-10(2)3/h8-9H,1,4-7H2,2-3H3. The molecule has 0 heteroatoms. The van der Waals surface area contributed by atoms with E-state index >= 15 is 0 Å². The fourth-order valence-corrected chi connectivity index (χ4v) is 0.758. The molecule has 0 saturated carbocycles. The van der Waals surface area contributed by atoms with Gasteiger partial charge in [0.25, 0.3) is 0 Å². The van der Waals surface area contributed by atoms with E-state index in [0.717, 1.165) is 6.42 Å². The van der Waals surface area contributed by atoms with Gasteiger partial charge in [-0.3, -0.25) is 0 Å². The molecule has 0 aromatic heterocycles. The van der Waals surface area contributed by atoms with Crippen molar-refractivity contribution >= 4 is 0 Å². The van der Waals surface area contributed by atoms with Gasteiger partial charge < -0.3 is 0 Å². The molecule has 58 valence electrons. The van der Waals surface area contributed by atoms with Gasteiger partial charge in [-0.05, 0) is 18.8 Å². The van der Waals surface area contributed by atoms with Crippen molar-refractivity contribution in [3.8, 4) is 0 Å². The Labute approximate surface area is 65.3 Å². The smallest absolute Gasteiger partial charge is 0.00892 e. The maximum atomic E-state index is 3.79. The van der Waals surface area contributed by atoms with E-state index in [-0.39, 0.29) is 0 Å². The van der Waals surface area contributed by atoms with Crippen LogP contribution in [0.5, 0.6) is 0 Å². The highest BCUT2D eigenvalue weighted by Crippen LogP contribution is 2.02. The Morgan fingerprint density at radius 2 is 2.00 bits per heavy atom. The summed E-state index contributed by atoms with van der Waals surface area (Å²) in [5, 5.41) is 0. The molecule has 0 aromatic rings. The maximum Gasteiger partial charge on any atom is -0.00892 e. The summed E-state index contributed by atoms with van der Waals surface area (Å²) < 4.78 is 0. The van der Waals surface area contributed by atoms with Crippen molar-refractivity contribution in [3.05, 3.63) is 25.0 Å². The zero-order chi connectivity index (χ0) is 7.82. The summed E-state index contributed by atoms with van der Waals surface area (Å²) in [4.78, 5) is 0. The van der Waals surface area contributed by atoms with Gasteiger partial charge in [-0.1, -0.05) is 45.8 Å². The summed E-state index contributed by atoms with van der Waals surface area (Å²) in [5.74, 6) is 1.38. The SMILES string of the molecule is [CH2]CCCCC=C[C](C)C. The van der Waals surface area contributed by atoms with Crippen molar-refractivity contribution in [2.75, 3.05) is 0 Å². The van der Waals surface area contributed by atoms with Crippen LogP contribution < -0.4 is 0 Å². The van der Waals surface area contributed by atoms with Crippen LogP contribution in [0, 0.1) is 12.8 Å². The quantitative estimate of drug-likeness (QED) is 0.510. The second-order valence-electron chi connectivity index (χ2n) is 2.83. The minimum Gasteiger partial charge on any atom is -0.0880 e. The van der Waals surface area contributed by atoms with Crippen LogP contribution in [0.1, 0.15) is 39.5 Å². The van der Waals surface area contributed by atoms with E-state index in [9.17, 15) is 0 Å². The van der Waals surface area contributed by atoms with Gasteiger partial charge >= 0.3 is 0 Å². The van der Waals surface area contributed by atoms with Crippen LogP contribution in [0.3, 0.4) is 0 Å². The molecule has 0 spiro atoms. The number of allylic oxidation sites excluding steroid dienone is 2. The van der Waals surface area contributed by atoms with E-state index in [2.05, 4.69) is 32.9 Å². The van der Waals surface area contributed by atoms with Crippen LogP contribution >= 0.6 is 0 Å². The summed E-state index contributed by atoms with van der Waals surface area (Å²) >= 11 is 0. The molecular weight excluding hydrogens is 120 g/mol. The normalized spacial score (nSPS) is 11.6. The molecule has 0 aliphatic heterocycles. The van der Waals surface area contributed by atoms with Gasteiger partial charge in [-0.2, -0.15) is 0 Å². The molecule has 10 heavy (non-hydrogen) atoms. The van der Waals surface area contributed by atoms with E-state index in [0.29, 0.717) is 0 Å².